The zero-order chi connectivity index (χ0) is 17.1. The molecule has 0 bridgehead atoms. The molecule has 5 heteroatoms. The van der Waals surface area contributed by atoms with Gasteiger partial charge in [0.1, 0.15) is 0 Å². The number of nitrogens with one attached hydrogen (secondary N) is 1. The Morgan fingerprint density at radius 2 is 2.12 bits per heavy atom. The molecule has 1 unspecified atom stereocenters. The molecule has 3 heterocycles. The van der Waals surface area contributed by atoms with E-state index in [1.165, 1.54) is 27.7 Å². The first-order chi connectivity index (χ1) is 12.1. The zero-order valence-corrected chi connectivity index (χ0v) is 14.5. The Balaban J connectivity index is 1.38. The third kappa shape index (κ3) is 2.36. The summed E-state index contributed by atoms with van der Waals surface area (Å²) in [5, 5.41) is 1.23. The number of amides is 2. The molecule has 2 fully saturated rings. The first-order valence-electron chi connectivity index (χ1n) is 9.29. The van der Waals surface area contributed by atoms with E-state index in [1.54, 1.807) is 0 Å². The summed E-state index contributed by atoms with van der Waals surface area (Å²) in [5.41, 5.74) is 4.95. The van der Waals surface area contributed by atoms with Gasteiger partial charge in [-0.25, -0.2) is 0 Å². The number of fused-ring (bicyclic) bond motifs is 3. The minimum absolute atomic E-state index is 0.151. The third-order valence-electron chi connectivity index (χ3n) is 6.03. The van der Waals surface area contributed by atoms with Crippen LogP contribution in [0.25, 0.3) is 10.9 Å². The van der Waals surface area contributed by atoms with Crippen LogP contribution >= 0.6 is 0 Å². The molecule has 1 atom stereocenters. The van der Waals surface area contributed by atoms with Gasteiger partial charge in [0.15, 0.2) is 0 Å². The summed E-state index contributed by atoms with van der Waals surface area (Å²) >= 11 is 0. The Morgan fingerprint density at radius 3 is 2.92 bits per heavy atom. The fraction of sp³-hybridized carbons (Fsp3) is 0.500. The summed E-state index contributed by atoms with van der Waals surface area (Å²) in [6.07, 6.45) is 3.47. The molecule has 0 spiro atoms. The first kappa shape index (κ1) is 15.0. The zero-order valence-electron chi connectivity index (χ0n) is 14.5. The van der Waals surface area contributed by atoms with Crippen LogP contribution in [0.5, 0.6) is 0 Å². The molecule has 5 nitrogen and oxygen atoms in total. The van der Waals surface area contributed by atoms with Gasteiger partial charge >= 0.3 is 0 Å². The number of para-hydroxylation sites is 1. The number of H-pyrrole nitrogens is 1. The van der Waals surface area contributed by atoms with E-state index in [4.69, 9.17) is 0 Å². The predicted octanol–water partition coefficient (Wildman–Crippen LogP) is 2.37. The topological polar surface area (TPSA) is 56.4 Å². The van der Waals surface area contributed by atoms with Crippen LogP contribution in [0.1, 0.15) is 36.1 Å². The number of aromatic amines is 1. The Hall–Kier alpha value is -2.30. The highest BCUT2D eigenvalue weighted by Crippen LogP contribution is 2.34. The average Bonchev–Trinajstić information content (AvgIpc) is 3.28. The molecule has 0 radical (unpaired) electrons. The summed E-state index contributed by atoms with van der Waals surface area (Å²) in [5.74, 6) is 0.173. The predicted molar refractivity (Wildman–Crippen MR) is 95.0 cm³/mol. The molecule has 3 aliphatic rings. The second kappa shape index (κ2) is 5.35. The van der Waals surface area contributed by atoms with E-state index in [0.717, 1.165) is 25.8 Å². The first-order valence-corrected chi connectivity index (χ1v) is 9.29. The molecule has 1 N–H and O–H groups in total. The SMILES string of the molecule is Cc1cccc2c3c([nH]c12)CCN(C(=O)C1CC(=O)N(C2CC2)C1)C3. The Bertz CT molecular complexity index is 880. The smallest absolute Gasteiger partial charge is 0.228 e. The molecular formula is C20H23N3O2. The van der Waals surface area contributed by atoms with Gasteiger partial charge in [-0.15, -0.1) is 0 Å². The van der Waals surface area contributed by atoms with Gasteiger partial charge in [0.2, 0.25) is 11.8 Å². The van der Waals surface area contributed by atoms with Crippen LogP contribution in [-0.2, 0) is 22.6 Å². The van der Waals surface area contributed by atoms with Gasteiger partial charge in [0.25, 0.3) is 0 Å². The van der Waals surface area contributed by atoms with Crippen molar-refractivity contribution in [3.05, 3.63) is 35.0 Å². The number of likely N-dealkylation sites (tertiary alicyclic amines) is 1. The van der Waals surface area contributed by atoms with Crippen molar-refractivity contribution >= 4 is 22.7 Å². The van der Waals surface area contributed by atoms with Crippen LogP contribution < -0.4 is 0 Å². The molecule has 1 saturated heterocycles. The number of aromatic nitrogens is 1. The van der Waals surface area contributed by atoms with Gasteiger partial charge in [-0.05, 0) is 25.3 Å². The second-order valence-electron chi connectivity index (χ2n) is 7.77. The number of benzene rings is 1. The highest BCUT2D eigenvalue weighted by molar-refractivity contribution is 5.91. The molecule has 1 saturated carbocycles. The van der Waals surface area contributed by atoms with Crippen molar-refractivity contribution in [1.82, 2.24) is 14.8 Å². The Labute approximate surface area is 147 Å². The summed E-state index contributed by atoms with van der Waals surface area (Å²) in [4.78, 5) is 32.6. The largest absolute Gasteiger partial charge is 0.358 e. The van der Waals surface area contributed by atoms with Crippen LogP contribution in [0.15, 0.2) is 18.2 Å². The average molecular weight is 337 g/mol. The maximum absolute atomic E-state index is 13.0. The Morgan fingerprint density at radius 1 is 1.28 bits per heavy atom. The second-order valence-corrected chi connectivity index (χ2v) is 7.77. The molecule has 1 aliphatic carbocycles. The lowest BCUT2D eigenvalue weighted by Crippen LogP contribution is -2.40. The summed E-state index contributed by atoms with van der Waals surface area (Å²) in [6, 6.07) is 6.74. The summed E-state index contributed by atoms with van der Waals surface area (Å²) < 4.78 is 0. The molecule has 1 aromatic carbocycles. The lowest BCUT2D eigenvalue weighted by Gasteiger charge is -2.29. The van der Waals surface area contributed by atoms with Crippen molar-refractivity contribution in [3.8, 4) is 0 Å². The van der Waals surface area contributed by atoms with E-state index < -0.39 is 0 Å². The molecule has 130 valence electrons. The molecule has 25 heavy (non-hydrogen) atoms. The fourth-order valence-corrected chi connectivity index (χ4v) is 4.47. The van der Waals surface area contributed by atoms with Gasteiger partial charge in [-0.3, -0.25) is 9.59 Å². The van der Waals surface area contributed by atoms with Crippen molar-refractivity contribution < 1.29 is 9.59 Å². The van der Waals surface area contributed by atoms with Gasteiger partial charge in [0, 0.05) is 60.7 Å². The molecule has 2 amide bonds. The highest BCUT2D eigenvalue weighted by Gasteiger charge is 2.43. The van der Waals surface area contributed by atoms with Gasteiger partial charge < -0.3 is 14.8 Å². The summed E-state index contributed by atoms with van der Waals surface area (Å²) in [7, 11) is 0. The van der Waals surface area contributed by atoms with Crippen molar-refractivity contribution in [1.29, 1.82) is 0 Å². The lowest BCUT2D eigenvalue weighted by molar-refractivity contribution is -0.136. The van der Waals surface area contributed by atoms with Crippen molar-refractivity contribution in [2.45, 2.75) is 45.2 Å². The van der Waals surface area contributed by atoms with Crippen molar-refractivity contribution in [2.75, 3.05) is 13.1 Å². The third-order valence-corrected chi connectivity index (χ3v) is 6.03. The molecule has 2 aliphatic heterocycles. The van der Waals surface area contributed by atoms with Crippen LogP contribution in [0.2, 0.25) is 0 Å². The van der Waals surface area contributed by atoms with Crippen LogP contribution in [-0.4, -0.2) is 45.7 Å². The van der Waals surface area contributed by atoms with Crippen LogP contribution in [0.4, 0.5) is 0 Å². The van der Waals surface area contributed by atoms with E-state index >= 15 is 0 Å². The number of carbonyl (C=O) groups excluding carboxylic acids is 2. The van der Waals surface area contributed by atoms with Crippen LogP contribution in [0, 0.1) is 12.8 Å². The van der Waals surface area contributed by atoms with Crippen molar-refractivity contribution in [3.63, 3.8) is 0 Å². The lowest BCUT2D eigenvalue weighted by atomic mass is 10.0. The maximum atomic E-state index is 13.0. The van der Waals surface area contributed by atoms with Gasteiger partial charge in [-0.2, -0.15) is 0 Å². The molecule has 5 rings (SSSR count). The van der Waals surface area contributed by atoms with Gasteiger partial charge in [0.05, 0.1) is 5.92 Å². The van der Waals surface area contributed by atoms with Gasteiger partial charge in [-0.1, -0.05) is 18.2 Å². The minimum atomic E-state index is -0.151. The highest BCUT2D eigenvalue weighted by atomic mass is 16.2. The Kier molecular flexibility index (Phi) is 3.21. The summed E-state index contributed by atoms with van der Waals surface area (Å²) in [6.45, 7) is 4.14. The maximum Gasteiger partial charge on any atom is 0.228 e. The fourth-order valence-electron chi connectivity index (χ4n) is 4.47. The van der Waals surface area contributed by atoms with E-state index in [1.807, 2.05) is 9.80 Å². The number of carbonyl (C=O) groups is 2. The normalized spacial score (nSPS) is 23.4. The number of hydrogen-bond acceptors (Lipinski definition) is 2. The van der Waals surface area contributed by atoms with E-state index in [-0.39, 0.29) is 17.7 Å². The van der Waals surface area contributed by atoms with Crippen LogP contribution in [0.3, 0.4) is 0 Å². The number of rotatable bonds is 2. The number of nitrogens with zero attached hydrogens (tertiary/aromatic N) is 2. The molecule has 2 aromatic rings. The van der Waals surface area contributed by atoms with E-state index in [0.29, 0.717) is 25.6 Å². The standard InChI is InChI=1S/C20H23N3O2/c1-12-3-2-4-15-16-11-22(8-7-17(16)21-19(12)15)20(25)13-9-18(24)23(10-13)14-5-6-14/h2-4,13-14,21H,5-11H2,1H3. The van der Waals surface area contributed by atoms with E-state index in [2.05, 4.69) is 30.1 Å². The molecule has 1 aromatic heterocycles. The van der Waals surface area contributed by atoms with E-state index in [9.17, 15) is 9.59 Å². The quantitative estimate of drug-likeness (QED) is 0.915. The minimum Gasteiger partial charge on any atom is -0.358 e. The molecular weight excluding hydrogens is 314 g/mol. The monoisotopic (exact) mass is 337 g/mol. The number of hydrogen-bond donors (Lipinski definition) is 1. The van der Waals surface area contributed by atoms with Crippen molar-refractivity contribution in [2.24, 2.45) is 5.92 Å². The number of aryl methyl sites for hydroxylation is 1.